The van der Waals surface area contributed by atoms with Crippen LogP contribution in [-0.4, -0.2) is 29.4 Å². The van der Waals surface area contributed by atoms with Crippen LogP contribution in [0.4, 0.5) is 5.69 Å². The summed E-state index contributed by atoms with van der Waals surface area (Å²) < 4.78 is 48.9. The highest BCUT2D eigenvalue weighted by molar-refractivity contribution is 7.89. The molecular weight excluding hydrogens is 454 g/mol. The van der Waals surface area contributed by atoms with E-state index in [1.54, 1.807) is 13.2 Å². The zero-order valence-electron chi connectivity index (χ0n) is 18.7. The van der Waals surface area contributed by atoms with Crippen molar-refractivity contribution in [3.05, 3.63) is 41.3 Å². The van der Waals surface area contributed by atoms with Gasteiger partial charge in [-0.1, -0.05) is 40.7 Å². The predicted octanol–water partition coefficient (Wildman–Crippen LogP) is 2.94. The number of benzene rings is 1. The maximum Gasteiger partial charge on any atom is 0.269 e. The lowest BCUT2D eigenvalue weighted by Crippen LogP contribution is -2.33. The van der Waals surface area contributed by atoms with E-state index in [9.17, 15) is 17.7 Å². The average Bonchev–Trinajstić information content (AvgIpc) is 3.34. The van der Waals surface area contributed by atoms with Gasteiger partial charge in [0.15, 0.2) is 17.4 Å². The van der Waals surface area contributed by atoms with Crippen LogP contribution in [0.2, 0.25) is 0 Å². The lowest BCUT2D eigenvalue weighted by atomic mass is 10.1. The van der Waals surface area contributed by atoms with Crippen LogP contribution in [0.1, 0.15) is 57.4 Å². The number of aryl methyl sites for hydroxylation is 1. The molecule has 1 aromatic heterocycles. The topological polar surface area (TPSA) is 159 Å². The van der Waals surface area contributed by atoms with Crippen LogP contribution in [0.5, 0.6) is 5.75 Å². The lowest BCUT2D eigenvalue weighted by Gasteiger charge is -2.14. The molecule has 1 aliphatic heterocycles. The molecule has 12 heteroatoms. The smallest absolute Gasteiger partial charge is 0.269 e. The molecule has 1 aromatic carbocycles. The van der Waals surface area contributed by atoms with Gasteiger partial charge in [-0.2, -0.15) is 0 Å². The van der Waals surface area contributed by atoms with Crippen LogP contribution in [0.15, 0.2) is 42.6 Å². The fourth-order valence-corrected chi connectivity index (χ4v) is 4.46. The number of aromatic hydroxyl groups is 1. The number of sulfonamides is 1. The van der Waals surface area contributed by atoms with Crippen molar-refractivity contribution in [3.8, 4) is 5.75 Å². The number of nitrogens with one attached hydrogen (secondary N) is 2. The van der Waals surface area contributed by atoms with Crippen molar-refractivity contribution in [1.29, 1.82) is 0 Å². The number of rotatable bonds is 6. The second-order valence-electron chi connectivity index (χ2n) is 6.94. The summed E-state index contributed by atoms with van der Waals surface area (Å²) in [6.07, 6.45) is 2.03. The molecule has 0 radical (unpaired) electrons. The summed E-state index contributed by atoms with van der Waals surface area (Å²) in [6.45, 7) is 10.1. The fourth-order valence-electron chi connectivity index (χ4n) is 2.86. The maximum absolute atomic E-state index is 11.9. The van der Waals surface area contributed by atoms with Crippen molar-refractivity contribution in [2.24, 2.45) is 13.9 Å². The Morgan fingerprint density at radius 2 is 1.88 bits per heavy atom. The highest BCUT2D eigenvalue weighted by Crippen LogP contribution is 2.34. The summed E-state index contributed by atoms with van der Waals surface area (Å²) in [7, 11) is -4.16. The minimum absolute atomic E-state index is 0.0449. The Bertz CT molecular complexity index is 1150. The highest BCUT2D eigenvalue weighted by Gasteiger charge is 2.25. The molecular formula is C20H29N5O5S2. The van der Waals surface area contributed by atoms with Gasteiger partial charge in [0, 0.05) is 0 Å². The molecule has 2 aromatic rings. The van der Waals surface area contributed by atoms with Crippen molar-refractivity contribution in [1.82, 2.24) is 5.32 Å². The number of amidine groups is 2. The first-order valence-corrected chi connectivity index (χ1v) is 12.8. The molecule has 0 saturated carbocycles. The SMILES string of the molecule is CC.CCc1ccc(NC2=NS(=O)N=C2NCc2cc(C(C)C)co2)c(O)c1S(N)(=O)=O. The van der Waals surface area contributed by atoms with Crippen molar-refractivity contribution < 1.29 is 22.2 Å². The molecule has 0 spiro atoms. The fraction of sp³-hybridized carbons (Fsp3) is 0.400. The van der Waals surface area contributed by atoms with Crippen LogP contribution in [0, 0.1) is 0 Å². The van der Waals surface area contributed by atoms with Gasteiger partial charge in [-0.15, -0.1) is 8.80 Å². The molecule has 32 heavy (non-hydrogen) atoms. The van der Waals surface area contributed by atoms with Crippen LogP contribution in [-0.2, 0) is 34.2 Å². The van der Waals surface area contributed by atoms with E-state index in [0.717, 1.165) is 5.56 Å². The van der Waals surface area contributed by atoms with Crippen molar-refractivity contribution in [2.45, 2.75) is 58.4 Å². The summed E-state index contributed by atoms with van der Waals surface area (Å²) in [5.74, 6) is 0.713. The van der Waals surface area contributed by atoms with Gasteiger partial charge in [0.05, 0.1) is 18.5 Å². The molecule has 0 saturated heterocycles. The number of phenolic OH excluding ortho intramolecular Hbond substituents is 1. The van der Waals surface area contributed by atoms with Gasteiger partial charge in [-0.3, -0.25) is 0 Å². The third-order valence-corrected chi connectivity index (χ3v) is 6.17. The Labute approximate surface area is 190 Å². The van der Waals surface area contributed by atoms with E-state index < -0.39 is 26.9 Å². The standard InChI is InChI=1S/C18H23N5O5S2.C2H6/c1-4-11-5-6-14(15(24)16(11)30(19,26)27)21-18-17(22-29(25)23-18)20-8-13-7-12(9-28-13)10(2)3;1-2/h5-7,9-10,24H,4,8H2,1-3H3,(H,20,22)(H,21,23)(H2,19,26,27);1-2H3. The highest BCUT2D eigenvalue weighted by atomic mass is 32.2. The number of primary sulfonamides is 1. The van der Waals surface area contributed by atoms with Crippen LogP contribution in [0.25, 0.3) is 0 Å². The minimum atomic E-state index is -4.16. The molecule has 0 fully saturated rings. The van der Waals surface area contributed by atoms with Crippen LogP contribution >= 0.6 is 0 Å². The zero-order chi connectivity index (χ0) is 24.1. The predicted molar refractivity (Wildman–Crippen MR) is 126 cm³/mol. The number of anilines is 1. The molecule has 10 nitrogen and oxygen atoms in total. The van der Waals surface area contributed by atoms with E-state index in [1.807, 2.05) is 33.8 Å². The summed E-state index contributed by atoms with van der Waals surface area (Å²) in [5, 5.41) is 21.5. The van der Waals surface area contributed by atoms with E-state index >= 15 is 0 Å². The summed E-state index contributed by atoms with van der Waals surface area (Å²) in [4.78, 5) is -0.363. The van der Waals surface area contributed by atoms with Gasteiger partial charge in [0.1, 0.15) is 10.7 Å². The Morgan fingerprint density at radius 1 is 1.22 bits per heavy atom. The van der Waals surface area contributed by atoms with E-state index in [1.165, 1.54) is 12.1 Å². The average molecular weight is 484 g/mol. The van der Waals surface area contributed by atoms with Crippen LogP contribution in [0.3, 0.4) is 0 Å². The number of hydrogen-bond acceptors (Lipinski definition) is 7. The van der Waals surface area contributed by atoms with E-state index in [2.05, 4.69) is 19.4 Å². The first-order chi connectivity index (χ1) is 15.1. The number of phenols is 1. The second kappa shape index (κ2) is 10.7. The summed E-state index contributed by atoms with van der Waals surface area (Å²) >= 11 is -1.86. The van der Waals surface area contributed by atoms with Crippen molar-refractivity contribution >= 4 is 38.6 Å². The molecule has 0 bridgehead atoms. The third kappa shape index (κ3) is 5.96. The number of nitrogens with zero attached hydrogens (tertiary/aromatic N) is 2. The van der Waals surface area contributed by atoms with E-state index in [-0.39, 0.29) is 28.8 Å². The molecule has 1 unspecified atom stereocenters. The van der Waals surface area contributed by atoms with Crippen molar-refractivity contribution in [3.63, 3.8) is 0 Å². The largest absolute Gasteiger partial charge is 0.504 e. The van der Waals surface area contributed by atoms with Gasteiger partial charge < -0.3 is 20.2 Å². The number of nitrogens with two attached hydrogens (primary N) is 1. The Kier molecular flexibility index (Phi) is 8.58. The molecule has 2 heterocycles. The molecule has 5 N–H and O–H groups in total. The monoisotopic (exact) mass is 483 g/mol. The molecule has 3 rings (SSSR count). The zero-order valence-corrected chi connectivity index (χ0v) is 20.3. The van der Waals surface area contributed by atoms with Gasteiger partial charge in [-0.05, 0) is 35.6 Å². The minimum Gasteiger partial charge on any atom is -0.504 e. The maximum atomic E-state index is 11.9. The number of furan rings is 1. The van der Waals surface area contributed by atoms with E-state index in [4.69, 9.17) is 9.56 Å². The molecule has 1 aliphatic rings. The first kappa shape index (κ1) is 25.6. The lowest BCUT2D eigenvalue weighted by molar-refractivity contribution is 0.460. The second-order valence-corrected chi connectivity index (χ2v) is 9.26. The Balaban J connectivity index is 0.00000176. The quantitative estimate of drug-likeness (QED) is 0.460. The van der Waals surface area contributed by atoms with Gasteiger partial charge in [0.25, 0.3) is 11.2 Å². The first-order valence-electron chi connectivity index (χ1n) is 10.2. The molecule has 0 aliphatic carbocycles. The molecule has 176 valence electrons. The van der Waals surface area contributed by atoms with E-state index in [0.29, 0.717) is 23.7 Å². The van der Waals surface area contributed by atoms with Crippen molar-refractivity contribution in [2.75, 3.05) is 5.32 Å². The van der Waals surface area contributed by atoms with Gasteiger partial charge in [-0.25, -0.2) is 17.8 Å². The summed E-state index contributed by atoms with van der Waals surface area (Å²) in [6, 6.07) is 4.93. The number of hydrogen-bond donors (Lipinski definition) is 4. The van der Waals surface area contributed by atoms with Crippen LogP contribution < -0.4 is 15.8 Å². The summed E-state index contributed by atoms with van der Waals surface area (Å²) in [5.41, 5.74) is 1.47. The Hall–Kier alpha value is -2.70. The van der Waals surface area contributed by atoms with Gasteiger partial charge >= 0.3 is 0 Å². The van der Waals surface area contributed by atoms with Gasteiger partial charge in [0.2, 0.25) is 10.0 Å². The molecule has 0 amide bonds. The third-order valence-electron chi connectivity index (χ3n) is 4.47. The normalized spacial score (nSPS) is 15.7. The molecule has 1 atom stereocenters. The Morgan fingerprint density at radius 3 is 2.44 bits per heavy atom.